The minimum absolute atomic E-state index is 0.0777. The summed E-state index contributed by atoms with van der Waals surface area (Å²) in [6, 6.07) is 18.2. The Hall–Kier alpha value is -4.60. The van der Waals surface area contributed by atoms with Gasteiger partial charge in [-0.1, -0.05) is 36.4 Å². The zero-order valence-corrected chi connectivity index (χ0v) is 19.8. The second-order valence-electron chi connectivity index (χ2n) is 8.32. The third-order valence-corrected chi connectivity index (χ3v) is 5.92. The Balaban J connectivity index is 1.95. The fourth-order valence-electron chi connectivity index (χ4n) is 4.13. The number of carbonyl (C=O) groups is 2. The summed E-state index contributed by atoms with van der Waals surface area (Å²) in [4.78, 5) is 21.8. The molecule has 200 valence electrons. The molecule has 4 nitrogen and oxygen atoms in total. The first-order chi connectivity index (χ1) is 18.5. The molecule has 0 heterocycles. The Bertz CT molecular complexity index is 1350. The number of benzene rings is 4. The Labute approximate surface area is 218 Å². The first-order valence-corrected chi connectivity index (χ1v) is 11.3. The van der Waals surface area contributed by atoms with Crippen LogP contribution in [0.15, 0.2) is 97.1 Å². The van der Waals surface area contributed by atoms with Crippen molar-refractivity contribution in [2.75, 3.05) is 0 Å². The van der Waals surface area contributed by atoms with Crippen LogP contribution in [0.1, 0.15) is 31.8 Å². The van der Waals surface area contributed by atoms with Crippen molar-refractivity contribution in [2.45, 2.75) is 17.8 Å². The van der Waals surface area contributed by atoms with Crippen LogP contribution in [-0.4, -0.2) is 24.9 Å². The topological polar surface area (TPSA) is 52.6 Å². The first-order valence-electron chi connectivity index (χ1n) is 11.3. The summed E-state index contributed by atoms with van der Waals surface area (Å²) in [5.74, 6) is -1.55. The van der Waals surface area contributed by atoms with Gasteiger partial charge in [0.25, 0.3) is 0 Å². The average Bonchev–Trinajstić information content (AvgIpc) is 2.90. The molecule has 4 rings (SSSR count). The van der Waals surface area contributed by atoms with Crippen LogP contribution in [0.4, 0.5) is 26.3 Å². The molecule has 0 N–H and O–H groups in total. The van der Waals surface area contributed by atoms with Gasteiger partial charge in [0.15, 0.2) is 0 Å². The van der Waals surface area contributed by atoms with Crippen molar-refractivity contribution in [2.24, 2.45) is 0 Å². The van der Waals surface area contributed by atoms with Gasteiger partial charge in [0.2, 0.25) is 5.41 Å². The summed E-state index contributed by atoms with van der Waals surface area (Å²) in [7, 11) is 0. The normalized spacial score (nSPS) is 12.1. The second-order valence-corrected chi connectivity index (χ2v) is 8.32. The molecule has 0 aliphatic heterocycles. The molecule has 39 heavy (non-hydrogen) atoms. The van der Waals surface area contributed by atoms with Gasteiger partial charge in [-0.25, -0.2) is 0 Å². The Morgan fingerprint density at radius 2 is 0.821 bits per heavy atom. The van der Waals surface area contributed by atoms with Gasteiger partial charge in [-0.15, -0.1) is 0 Å². The van der Waals surface area contributed by atoms with Crippen LogP contribution in [0.5, 0.6) is 23.0 Å². The molecule has 4 aromatic rings. The fourth-order valence-corrected chi connectivity index (χ4v) is 4.13. The van der Waals surface area contributed by atoms with Crippen molar-refractivity contribution in [3.05, 3.63) is 119 Å². The summed E-state index contributed by atoms with van der Waals surface area (Å²) in [5, 5.41) is 0. The average molecular weight is 544 g/mol. The number of ether oxygens (including phenoxy) is 2. The third-order valence-electron chi connectivity index (χ3n) is 5.92. The lowest BCUT2D eigenvalue weighted by Gasteiger charge is -2.39. The monoisotopic (exact) mass is 544 g/mol. The molecule has 0 spiro atoms. The molecule has 0 aromatic heterocycles. The van der Waals surface area contributed by atoms with Gasteiger partial charge in [0, 0.05) is 22.3 Å². The molecule has 0 amide bonds. The number of carbonyl (C=O) groups excluding carboxylic acids is 2. The molecule has 0 saturated heterocycles. The summed E-state index contributed by atoms with van der Waals surface area (Å²) >= 11 is 0. The molecule has 0 aliphatic carbocycles. The fraction of sp³-hybridized carbons (Fsp3) is 0.103. The lowest BCUT2D eigenvalue weighted by atomic mass is 9.72. The highest BCUT2D eigenvalue weighted by molar-refractivity contribution is 5.75. The molecule has 4 aromatic carbocycles. The third kappa shape index (κ3) is 5.22. The molecule has 0 atom stereocenters. The van der Waals surface area contributed by atoms with Crippen LogP contribution >= 0.6 is 0 Å². The van der Waals surface area contributed by atoms with Gasteiger partial charge < -0.3 is 9.47 Å². The van der Waals surface area contributed by atoms with E-state index in [1.807, 2.05) is 0 Å². The van der Waals surface area contributed by atoms with E-state index >= 15 is 0 Å². The minimum Gasteiger partial charge on any atom is -0.457 e. The summed E-state index contributed by atoms with van der Waals surface area (Å²) < 4.78 is 101. The number of rotatable bonds is 8. The number of alkyl halides is 6. The van der Waals surface area contributed by atoms with Gasteiger partial charge in [-0.3, -0.25) is 9.59 Å². The highest BCUT2D eigenvalue weighted by Crippen LogP contribution is 2.60. The lowest BCUT2D eigenvalue weighted by molar-refractivity contribution is -0.289. The van der Waals surface area contributed by atoms with Crippen LogP contribution < -0.4 is 9.47 Å². The SMILES string of the molecule is O=Cc1ccc(Oc2ccccc2C(c2ccccc2Oc2ccc(C=O)cc2)(C(F)(F)F)C(F)(F)F)cc1. The maximum atomic E-state index is 15.0. The van der Waals surface area contributed by atoms with Crippen molar-refractivity contribution >= 4 is 12.6 Å². The van der Waals surface area contributed by atoms with Crippen molar-refractivity contribution in [1.82, 2.24) is 0 Å². The quantitative estimate of drug-likeness (QED) is 0.165. The standard InChI is InChI=1S/C29H18F6O4/c30-28(31,32)27(29(33,34)35,23-5-1-3-7-25(23)38-21-13-9-19(17-36)10-14-21)24-6-2-4-8-26(24)39-22-15-11-20(18-37)12-16-22/h1-18H. The van der Waals surface area contributed by atoms with E-state index < -0.39 is 40.4 Å². The Morgan fingerprint density at radius 1 is 0.487 bits per heavy atom. The van der Waals surface area contributed by atoms with E-state index in [1.165, 1.54) is 60.7 Å². The maximum Gasteiger partial charge on any atom is 0.411 e. The first kappa shape index (κ1) is 27.4. The molecule has 0 unspecified atom stereocenters. The van der Waals surface area contributed by atoms with E-state index in [9.17, 15) is 35.9 Å². The van der Waals surface area contributed by atoms with Gasteiger partial charge in [-0.05, 0) is 60.7 Å². The molecule has 0 saturated carbocycles. The van der Waals surface area contributed by atoms with Crippen LogP contribution in [0.2, 0.25) is 0 Å². The molecule has 0 bridgehead atoms. The number of aldehydes is 2. The molecule has 10 heteroatoms. The van der Waals surface area contributed by atoms with Crippen molar-refractivity contribution < 1.29 is 45.4 Å². The zero-order chi connectivity index (χ0) is 28.3. The predicted octanol–water partition coefficient (Wildman–Crippen LogP) is 8.31. The number of halogens is 6. The zero-order valence-electron chi connectivity index (χ0n) is 19.8. The van der Waals surface area contributed by atoms with Crippen LogP contribution in [0.25, 0.3) is 0 Å². The van der Waals surface area contributed by atoms with E-state index in [-0.39, 0.29) is 22.6 Å². The highest BCUT2D eigenvalue weighted by atomic mass is 19.4. The number of hydrogen-bond donors (Lipinski definition) is 0. The lowest BCUT2D eigenvalue weighted by Crippen LogP contribution is -2.55. The second kappa shape index (κ2) is 10.6. The van der Waals surface area contributed by atoms with Gasteiger partial charge in [-0.2, -0.15) is 26.3 Å². The Kier molecular flexibility index (Phi) is 7.49. The largest absolute Gasteiger partial charge is 0.457 e. The summed E-state index contributed by atoms with van der Waals surface area (Å²) in [6.45, 7) is 0. The van der Waals surface area contributed by atoms with Crippen molar-refractivity contribution in [3.8, 4) is 23.0 Å². The van der Waals surface area contributed by atoms with E-state index in [4.69, 9.17) is 9.47 Å². The minimum atomic E-state index is -5.91. The van der Waals surface area contributed by atoms with Crippen LogP contribution in [-0.2, 0) is 5.41 Å². The molecular formula is C29H18F6O4. The van der Waals surface area contributed by atoms with Crippen LogP contribution in [0.3, 0.4) is 0 Å². The summed E-state index contributed by atoms with van der Waals surface area (Å²) in [5.41, 5.74) is -6.52. The molecule has 0 fully saturated rings. The van der Waals surface area contributed by atoms with Gasteiger partial charge >= 0.3 is 12.4 Å². The number of para-hydroxylation sites is 2. The highest BCUT2D eigenvalue weighted by Gasteiger charge is 2.74. The van der Waals surface area contributed by atoms with E-state index in [1.54, 1.807) is 0 Å². The van der Waals surface area contributed by atoms with E-state index in [0.29, 0.717) is 24.7 Å². The molecule has 0 aliphatic rings. The van der Waals surface area contributed by atoms with Gasteiger partial charge in [0.1, 0.15) is 35.6 Å². The van der Waals surface area contributed by atoms with Gasteiger partial charge in [0.05, 0.1) is 0 Å². The predicted molar refractivity (Wildman–Crippen MR) is 130 cm³/mol. The van der Waals surface area contributed by atoms with Crippen molar-refractivity contribution in [3.63, 3.8) is 0 Å². The Morgan fingerprint density at radius 3 is 1.13 bits per heavy atom. The molecule has 0 radical (unpaired) electrons. The number of hydrogen-bond acceptors (Lipinski definition) is 4. The van der Waals surface area contributed by atoms with Crippen molar-refractivity contribution in [1.29, 1.82) is 0 Å². The van der Waals surface area contributed by atoms with E-state index in [0.717, 1.165) is 24.3 Å². The molecular weight excluding hydrogens is 526 g/mol. The maximum absolute atomic E-state index is 15.0. The smallest absolute Gasteiger partial charge is 0.411 e. The summed E-state index contributed by atoms with van der Waals surface area (Å²) in [6.07, 6.45) is -10.8. The van der Waals surface area contributed by atoms with E-state index in [2.05, 4.69) is 0 Å². The van der Waals surface area contributed by atoms with Crippen LogP contribution in [0, 0.1) is 0 Å².